The fourth-order valence-electron chi connectivity index (χ4n) is 1.95. The molecule has 1 fully saturated rings. The molecule has 1 aliphatic rings. The van der Waals surface area contributed by atoms with Crippen LogP contribution in [-0.4, -0.2) is 85.2 Å². The van der Waals surface area contributed by atoms with E-state index in [0.29, 0.717) is 11.0 Å². The molecular formula is C12H30IN5S2. The number of hydrogen-bond acceptors (Lipinski definition) is 7. The lowest BCUT2D eigenvalue weighted by Gasteiger charge is -2.38. The molecule has 0 aromatic heterocycles. The second-order valence-electron chi connectivity index (χ2n) is 5.13. The van der Waals surface area contributed by atoms with Crippen LogP contribution < -0.4 is 5.32 Å². The third kappa shape index (κ3) is 6.55. The summed E-state index contributed by atoms with van der Waals surface area (Å²) in [6.45, 7) is 8.69. The molecular weight excluding hydrogens is 405 g/mol. The van der Waals surface area contributed by atoms with Crippen molar-refractivity contribution in [3.8, 4) is 0 Å². The maximum Gasteiger partial charge on any atom is 0.133 e. The van der Waals surface area contributed by atoms with Gasteiger partial charge < -0.3 is 4.90 Å². The molecule has 1 N–H and O–H groups in total. The first kappa shape index (κ1) is 21.2. The van der Waals surface area contributed by atoms with Gasteiger partial charge in [0.15, 0.2) is 0 Å². The van der Waals surface area contributed by atoms with E-state index in [1.807, 2.05) is 21.6 Å². The summed E-state index contributed by atoms with van der Waals surface area (Å²) < 4.78 is 0. The van der Waals surface area contributed by atoms with Crippen LogP contribution in [0.1, 0.15) is 13.8 Å². The monoisotopic (exact) mass is 435 g/mol. The Bertz CT molecular complexity index is 254. The number of rotatable bonds is 8. The van der Waals surface area contributed by atoms with Gasteiger partial charge >= 0.3 is 0 Å². The van der Waals surface area contributed by atoms with Crippen molar-refractivity contribution in [1.29, 1.82) is 0 Å². The average molecular weight is 435 g/mol. The van der Waals surface area contributed by atoms with Crippen molar-refractivity contribution in [3.05, 3.63) is 0 Å². The summed E-state index contributed by atoms with van der Waals surface area (Å²) in [5, 5.41) is 8.58. The van der Waals surface area contributed by atoms with Crippen molar-refractivity contribution in [2.24, 2.45) is 0 Å². The summed E-state index contributed by atoms with van der Waals surface area (Å²) >= 11 is 0. The number of halogens is 1. The van der Waals surface area contributed by atoms with Crippen molar-refractivity contribution < 1.29 is 0 Å². The van der Waals surface area contributed by atoms with Crippen LogP contribution in [0.25, 0.3) is 0 Å². The molecule has 0 aromatic carbocycles. The minimum Gasteiger partial charge on any atom is -0.308 e. The van der Waals surface area contributed by atoms with Gasteiger partial charge in [-0.2, -0.15) is 0 Å². The van der Waals surface area contributed by atoms with Gasteiger partial charge in [0.05, 0.1) is 0 Å². The van der Waals surface area contributed by atoms with Crippen LogP contribution in [0.3, 0.4) is 0 Å². The third-order valence-corrected chi connectivity index (χ3v) is 5.97. The fraction of sp³-hybridized carbons (Fsp3) is 1.00. The first-order chi connectivity index (χ1) is 8.99. The molecule has 0 bridgehead atoms. The number of hydrogen-bond donors (Lipinski definition) is 1. The number of nitrogens with zero attached hydrogens (tertiary/aromatic N) is 4. The highest BCUT2D eigenvalue weighted by molar-refractivity contribution is 14.0. The summed E-state index contributed by atoms with van der Waals surface area (Å²) in [6, 6.07) is 0. The molecule has 0 aromatic rings. The quantitative estimate of drug-likeness (QED) is 0.353. The van der Waals surface area contributed by atoms with Gasteiger partial charge in [-0.1, -0.05) is 35.4 Å². The molecule has 0 amide bonds. The van der Waals surface area contributed by atoms with Gasteiger partial charge in [0, 0.05) is 26.2 Å². The Morgan fingerprint density at radius 1 is 0.900 bits per heavy atom. The first-order valence-electron chi connectivity index (χ1n) is 6.90. The van der Waals surface area contributed by atoms with E-state index in [4.69, 9.17) is 0 Å². The molecule has 1 saturated heterocycles. The minimum atomic E-state index is 0. The highest BCUT2D eigenvalue weighted by Gasteiger charge is 2.33. The maximum absolute atomic E-state index is 3.68. The second kappa shape index (κ2) is 10.9. The van der Waals surface area contributed by atoms with Crippen LogP contribution in [0.2, 0.25) is 0 Å². The largest absolute Gasteiger partial charge is 0.308 e. The van der Waals surface area contributed by atoms with E-state index in [-0.39, 0.29) is 24.0 Å². The summed E-state index contributed by atoms with van der Waals surface area (Å²) in [5.74, 6) is 0. The van der Waals surface area contributed by atoms with Gasteiger partial charge in [0.1, 0.15) is 11.0 Å². The Morgan fingerprint density at radius 3 is 1.85 bits per heavy atom. The lowest BCUT2D eigenvalue weighted by Crippen LogP contribution is -2.55. The van der Waals surface area contributed by atoms with E-state index >= 15 is 0 Å². The van der Waals surface area contributed by atoms with Crippen molar-refractivity contribution in [2.45, 2.75) is 24.8 Å². The number of likely N-dealkylation sites (N-methyl/N-ethyl adjacent to an activating group) is 1. The van der Waals surface area contributed by atoms with Gasteiger partial charge in [-0.25, -0.2) is 10.0 Å². The predicted molar refractivity (Wildman–Crippen MR) is 103 cm³/mol. The number of nitrogens with one attached hydrogen (secondary N) is 1. The lowest BCUT2D eigenvalue weighted by molar-refractivity contribution is -0.0409. The summed E-state index contributed by atoms with van der Waals surface area (Å²) in [4.78, 5) is 4.47. The molecule has 0 radical (unpaired) electrons. The Balaban J connectivity index is 0.00000361. The van der Waals surface area contributed by atoms with Gasteiger partial charge in [0.25, 0.3) is 0 Å². The van der Waals surface area contributed by atoms with Crippen LogP contribution in [-0.2, 0) is 0 Å². The SMILES string of the molecule is CCN(CC)N(CCN(C)C)C1NC(N(C)C)SS1.I. The van der Waals surface area contributed by atoms with E-state index in [0.717, 1.165) is 26.2 Å². The van der Waals surface area contributed by atoms with Crippen molar-refractivity contribution >= 4 is 45.6 Å². The molecule has 0 spiro atoms. The Hall–Kier alpha value is 1.23. The van der Waals surface area contributed by atoms with E-state index in [9.17, 15) is 0 Å². The van der Waals surface area contributed by atoms with E-state index in [2.05, 4.69) is 67.2 Å². The lowest BCUT2D eigenvalue weighted by atomic mass is 10.5. The molecule has 1 aliphatic heterocycles. The molecule has 0 saturated carbocycles. The highest BCUT2D eigenvalue weighted by atomic mass is 127. The number of hydrazine groups is 1. The Kier molecular flexibility index (Phi) is 11.5. The van der Waals surface area contributed by atoms with E-state index < -0.39 is 0 Å². The smallest absolute Gasteiger partial charge is 0.133 e. The van der Waals surface area contributed by atoms with Crippen molar-refractivity contribution in [3.63, 3.8) is 0 Å². The molecule has 0 aliphatic carbocycles. The molecule has 8 heteroatoms. The van der Waals surface area contributed by atoms with Gasteiger partial charge in [0.2, 0.25) is 0 Å². The zero-order valence-electron chi connectivity index (χ0n) is 13.5. The summed E-state index contributed by atoms with van der Waals surface area (Å²) in [6.07, 6.45) is 0. The van der Waals surface area contributed by atoms with Crippen molar-refractivity contribution in [1.82, 2.24) is 25.1 Å². The maximum atomic E-state index is 3.68. The molecule has 5 nitrogen and oxygen atoms in total. The fourth-order valence-corrected chi connectivity index (χ4v) is 4.90. The van der Waals surface area contributed by atoms with Crippen LogP contribution in [0.5, 0.6) is 0 Å². The van der Waals surface area contributed by atoms with Gasteiger partial charge in [-0.3, -0.25) is 10.2 Å². The Morgan fingerprint density at radius 2 is 1.45 bits per heavy atom. The van der Waals surface area contributed by atoms with Crippen LogP contribution >= 0.6 is 45.6 Å². The highest BCUT2D eigenvalue weighted by Crippen LogP contribution is 2.38. The second-order valence-corrected chi connectivity index (χ2v) is 7.57. The van der Waals surface area contributed by atoms with Crippen LogP contribution in [0.15, 0.2) is 0 Å². The first-order valence-corrected chi connectivity index (χ1v) is 9.18. The third-order valence-electron chi connectivity index (χ3n) is 3.13. The molecule has 2 atom stereocenters. The van der Waals surface area contributed by atoms with E-state index in [1.54, 1.807) is 0 Å². The zero-order chi connectivity index (χ0) is 14.4. The van der Waals surface area contributed by atoms with Gasteiger partial charge in [-0.05, 0) is 28.2 Å². The molecule has 1 heterocycles. The topological polar surface area (TPSA) is 25.0 Å². The molecule has 2 unspecified atom stereocenters. The summed E-state index contributed by atoms with van der Waals surface area (Å²) in [5.41, 5.74) is 0.754. The Labute approximate surface area is 149 Å². The normalized spacial score (nSPS) is 23.1. The van der Waals surface area contributed by atoms with Crippen LogP contribution in [0.4, 0.5) is 0 Å². The predicted octanol–water partition coefficient (Wildman–Crippen LogP) is 1.84. The zero-order valence-corrected chi connectivity index (χ0v) is 17.5. The minimum absolute atomic E-state index is 0. The van der Waals surface area contributed by atoms with Gasteiger partial charge in [-0.15, -0.1) is 24.0 Å². The molecule has 1 rings (SSSR count). The van der Waals surface area contributed by atoms with Crippen LogP contribution in [0, 0.1) is 0 Å². The molecule has 20 heavy (non-hydrogen) atoms. The summed E-state index contributed by atoms with van der Waals surface area (Å²) in [7, 11) is 12.3. The standard InChI is InChI=1S/C12H29N5S2.HI/c1-7-16(8-2)17(10-9-14(3)4)12-13-11(15(5)6)18-19-12;/h11-13H,7-10H2,1-6H3;1H. The average Bonchev–Trinajstić information content (AvgIpc) is 2.83. The van der Waals surface area contributed by atoms with E-state index in [1.165, 1.54) is 0 Å². The van der Waals surface area contributed by atoms with Crippen molar-refractivity contribution in [2.75, 3.05) is 54.4 Å². The molecule has 122 valence electrons.